The minimum absolute atomic E-state index is 0.00295. The van der Waals surface area contributed by atoms with Crippen molar-refractivity contribution >= 4 is 5.91 Å². The minimum Gasteiger partial charge on any atom is -0.481 e. The fraction of sp³-hybridized carbons (Fsp3) is 0.125. The first kappa shape index (κ1) is 16.5. The first-order valence-electron chi connectivity index (χ1n) is 7.31. The number of hydrogen-bond acceptors (Lipinski definition) is 5. The molecule has 0 atom stereocenters. The molecular formula is C16H13F2N5O2. The van der Waals surface area contributed by atoms with Crippen molar-refractivity contribution in [3.63, 3.8) is 0 Å². The average molecular weight is 345 g/mol. The SMILES string of the molecule is O=C(COc1ccccc1F)NCc1nnnn1-c1cccc(F)c1. The maximum absolute atomic E-state index is 13.4. The van der Waals surface area contributed by atoms with E-state index in [0.717, 1.165) is 0 Å². The summed E-state index contributed by atoms with van der Waals surface area (Å²) in [7, 11) is 0. The molecule has 0 radical (unpaired) electrons. The second kappa shape index (κ2) is 7.47. The van der Waals surface area contributed by atoms with Crippen LogP contribution < -0.4 is 10.1 Å². The second-order valence-corrected chi connectivity index (χ2v) is 4.98. The van der Waals surface area contributed by atoms with Crippen molar-refractivity contribution in [3.05, 3.63) is 66.0 Å². The lowest BCUT2D eigenvalue weighted by Crippen LogP contribution is -2.29. The predicted octanol–water partition coefficient (Wildman–Crippen LogP) is 1.64. The Kier molecular flexibility index (Phi) is 4.93. The molecule has 1 aromatic heterocycles. The van der Waals surface area contributed by atoms with Crippen LogP contribution in [0.2, 0.25) is 0 Å². The van der Waals surface area contributed by atoms with Crippen molar-refractivity contribution in [3.8, 4) is 11.4 Å². The van der Waals surface area contributed by atoms with Gasteiger partial charge in [-0.2, -0.15) is 4.68 Å². The molecule has 0 fully saturated rings. The van der Waals surface area contributed by atoms with E-state index >= 15 is 0 Å². The normalized spacial score (nSPS) is 10.5. The molecule has 0 spiro atoms. The molecule has 128 valence electrons. The van der Waals surface area contributed by atoms with Crippen molar-refractivity contribution in [1.29, 1.82) is 0 Å². The van der Waals surface area contributed by atoms with Crippen LogP contribution in [0.5, 0.6) is 5.75 Å². The first-order valence-corrected chi connectivity index (χ1v) is 7.31. The van der Waals surface area contributed by atoms with Crippen LogP contribution >= 0.6 is 0 Å². The highest BCUT2D eigenvalue weighted by Gasteiger charge is 2.11. The molecule has 0 aliphatic heterocycles. The van der Waals surface area contributed by atoms with E-state index in [9.17, 15) is 13.6 Å². The zero-order chi connectivity index (χ0) is 17.6. The van der Waals surface area contributed by atoms with Crippen LogP contribution in [0.4, 0.5) is 8.78 Å². The number of nitrogens with one attached hydrogen (secondary N) is 1. The molecule has 1 amide bonds. The van der Waals surface area contributed by atoms with Gasteiger partial charge in [-0.1, -0.05) is 18.2 Å². The lowest BCUT2D eigenvalue weighted by Gasteiger charge is -2.08. The highest BCUT2D eigenvalue weighted by molar-refractivity contribution is 5.77. The van der Waals surface area contributed by atoms with E-state index in [1.165, 1.54) is 41.1 Å². The molecule has 3 aromatic rings. The Morgan fingerprint density at radius 1 is 1.16 bits per heavy atom. The Morgan fingerprint density at radius 2 is 2.00 bits per heavy atom. The molecule has 0 aliphatic carbocycles. The van der Waals surface area contributed by atoms with Crippen molar-refractivity contribution in [2.75, 3.05) is 6.61 Å². The lowest BCUT2D eigenvalue weighted by molar-refractivity contribution is -0.123. The molecule has 0 bridgehead atoms. The van der Waals surface area contributed by atoms with E-state index in [4.69, 9.17) is 4.74 Å². The lowest BCUT2D eigenvalue weighted by atomic mass is 10.3. The van der Waals surface area contributed by atoms with Crippen molar-refractivity contribution in [1.82, 2.24) is 25.5 Å². The van der Waals surface area contributed by atoms with Gasteiger partial charge in [0, 0.05) is 0 Å². The van der Waals surface area contributed by atoms with Gasteiger partial charge in [-0.15, -0.1) is 5.10 Å². The number of halogens is 2. The molecule has 0 saturated heterocycles. The van der Waals surface area contributed by atoms with Crippen LogP contribution in [-0.2, 0) is 11.3 Å². The fourth-order valence-corrected chi connectivity index (χ4v) is 2.06. The van der Waals surface area contributed by atoms with Gasteiger partial charge in [0.25, 0.3) is 5.91 Å². The second-order valence-electron chi connectivity index (χ2n) is 4.98. The number of carbonyl (C=O) groups is 1. The fourth-order valence-electron chi connectivity index (χ4n) is 2.06. The van der Waals surface area contributed by atoms with Crippen LogP contribution in [0.25, 0.3) is 5.69 Å². The molecule has 1 heterocycles. The summed E-state index contributed by atoms with van der Waals surface area (Å²) >= 11 is 0. The maximum Gasteiger partial charge on any atom is 0.258 e. The van der Waals surface area contributed by atoms with Gasteiger partial charge in [0.2, 0.25) is 0 Å². The van der Waals surface area contributed by atoms with E-state index in [1.807, 2.05) is 0 Å². The molecule has 0 saturated carbocycles. The summed E-state index contributed by atoms with van der Waals surface area (Å²) in [6, 6.07) is 11.5. The third-order valence-corrected chi connectivity index (χ3v) is 3.23. The van der Waals surface area contributed by atoms with Crippen molar-refractivity contribution in [2.45, 2.75) is 6.54 Å². The molecule has 9 heteroatoms. The van der Waals surface area contributed by atoms with Gasteiger partial charge in [0.1, 0.15) is 5.82 Å². The molecule has 7 nitrogen and oxygen atoms in total. The summed E-state index contributed by atoms with van der Waals surface area (Å²) in [5.74, 6) is -1.16. The predicted molar refractivity (Wildman–Crippen MR) is 82.9 cm³/mol. The Hall–Kier alpha value is -3.36. The standard InChI is InChI=1S/C16H13F2N5O2/c17-11-4-3-5-12(8-11)23-15(20-21-22-23)9-19-16(24)10-25-14-7-2-1-6-13(14)18/h1-8H,9-10H2,(H,19,24). The Labute approximate surface area is 141 Å². The summed E-state index contributed by atoms with van der Waals surface area (Å²) in [4.78, 5) is 11.8. The van der Waals surface area contributed by atoms with E-state index in [1.54, 1.807) is 12.1 Å². The molecule has 0 aliphatic rings. The van der Waals surface area contributed by atoms with E-state index < -0.39 is 17.5 Å². The van der Waals surface area contributed by atoms with Gasteiger partial charge in [-0.05, 0) is 40.8 Å². The highest BCUT2D eigenvalue weighted by Crippen LogP contribution is 2.15. The van der Waals surface area contributed by atoms with E-state index in [2.05, 4.69) is 20.8 Å². The third kappa shape index (κ3) is 4.14. The molecule has 25 heavy (non-hydrogen) atoms. The monoisotopic (exact) mass is 345 g/mol. The number of ether oxygens (including phenoxy) is 1. The largest absolute Gasteiger partial charge is 0.481 e. The molecular weight excluding hydrogens is 332 g/mol. The molecule has 2 aromatic carbocycles. The van der Waals surface area contributed by atoms with Crippen LogP contribution in [0.1, 0.15) is 5.82 Å². The number of rotatable bonds is 6. The average Bonchev–Trinajstić information content (AvgIpc) is 3.08. The quantitative estimate of drug-likeness (QED) is 0.734. The van der Waals surface area contributed by atoms with Crippen LogP contribution in [-0.4, -0.2) is 32.7 Å². The number of nitrogens with zero attached hydrogens (tertiary/aromatic N) is 4. The number of amides is 1. The van der Waals surface area contributed by atoms with E-state index in [-0.39, 0.29) is 18.9 Å². The van der Waals surface area contributed by atoms with Gasteiger partial charge in [0.15, 0.2) is 24.0 Å². The number of para-hydroxylation sites is 1. The maximum atomic E-state index is 13.4. The Bertz CT molecular complexity index is 884. The van der Waals surface area contributed by atoms with Crippen LogP contribution in [0, 0.1) is 11.6 Å². The zero-order valence-corrected chi connectivity index (χ0v) is 12.9. The van der Waals surface area contributed by atoms with Gasteiger partial charge >= 0.3 is 0 Å². The smallest absolute Gasteiger partial charge is 0.258 e. The van der Waals surface area contributed by atoms with E-state index in [0.29, 0.717) is 11.5 Å². The number of benzene rings is 2. The minimum atomic E-state index is -0.551. The zero-order valence-electron chi connectivity index (χ0n) is 12.9. The number of hydrogen-bond donors (Lipinski definition) is 1. The van der Waals surface area contributed by atoms with Crippen molar-refractivity contribution < 1.29 is 18.3 Å². The first-order chi connectivity index (χ1) is 12.1. The topological polar surface area (TPSA) is 81.9 Å². The van der Waals surface area contributed by atoms with Gasteiger partial charge < -0.3 is 10.1 Å². The Balaban J connectivity index is 1.58. The van der Waals surface area contributed by atoms with Crippen LogP contribution in [0.3, 0.4) is 0 Å². The van der Waals surface area contributed by atoms with Gasteiger partial charge in [-0.3, -0.25) is 4.79 Å². The summed E-state index contributed by atoms with van der Waals surface area (Å²) in [6.45, 7) is -0.356. The molecule has 3 rings (SSSR count). The summed E-state index contributed by atoms with van der Waals surface area (Å²) in [6.07, 6.45) is 0. The van der Waals surface area contributed by atoms with Crippen LogP contribution in [0.15, 0.2) is 48.5 Å². The van der Waals surface area contributed by atoms with Gasteiger partial charge in [0.05, 0.1) is 12.2 Å². The summed E-state index contributed by atoms with van der Waals surface area (Å²) < 4.78 is 33.1. The third-order valence-electron chi connectivity index (χ3n) is 3.23. The number of carbonyl (C=O) groups excluding carboxylic acids is 1. The summed E-state index contributed by atoms with van der Waals surface area (Å²) in [5, 5.41) is 13.6. The summed E-state index contributed by atoms with van der Waals surface area (Å²) in [5.41, 5.74) is 0.428. The van der Waals surface area contributed by atoms with Crippen molar-refractivity contribution in [2.24, 2.45) is 0 Å². The Morgan fingerprint density at radius 3 is 2.80 bits per heavy atom. The van der Waals surface area contributed by atoms with Gasteiger partial charge in [-0.25, -0.2) is 8.78 Å². The highest BCUT2D eigenvalue weighted by atomic mass is 19.1. The number of tetrazole rings is 1. The molecule has 1 N–H and O–H groups in total. The number of aromatic nitrogens is 4. The molecule has 0 unspecified atom stereocenters.